The van der Waals surface area contributed by atoms with E-state index < -0.39 is 28.5 Å². The number of sulfonamides is 1. The number of hydrogen-bond acceptors (Lipinski definition) is 4. The number of carbonyl (C=O) groups is 2. The fraction of sp³-hybridized carbons (Fsp3) is 0.355. The summed E-state index contributed by atoms with van der Waals surface area (Å²) in [5, 5.41) is 3.21. The van der Waals surface area contributed by atoms with Gasteiger partial charge in [0.25, 0.3) is 0 Å². The Hall–Kier alpha value is -3.17. The quantitative estimate of drug-likeness (QED) is 0.313. The maximum Gasteiger partial charge on any atom is 0.244 e. The molecule has 0 unspecified atom stereocenters. The van der Waals surface area contributed by atoms with Crippen LogP contribution < -0.4 is 9.62 Å². The molecule has 1 aliphatic rings. The molecule has 4 rings (SSSR count). The molecule has 3 aromatic carbocycles. The number of amides is 2. The standard InChI is InChI=1S/C31H36BrN3O4S/c1-40(38,39)35(28-18-9-4-10-19-28)23-30(36)34(22-25-14-11-15-26(32)20-25)29(21-24-12-5-2-6-13-24)31(37)33-27-16-7-3-8-17-27/h2,4-6,9-15,18-20,27,29H,3,7-8,16-17,21-23H2,1H3,(H,33,37)/t29-/m0/s1. The molecule has 0 radical (unpaired) electrons. The van der Waals surface area contributed by atoms with Gasteiger partial charge in [-0.15, -0.1) is 0 Å². The molecule has 0 aliphatic heterocycles. The molecule has 0 heterocycles. The lowest BCUT2D eigenvalue weighted by Crippen LogP contribution is -2.55. The van der Waals surface area contributed by atoms with Crippen LogP contribution in [0.5, 0.6) is 0 Å². The zero-order valence-corrected chi connectivity index (χ0v) is 25.1. The topological polar surface area (TPSA) is 86.8 Å². The smallest absolute Gasteiger partial charge is 0.244 e. The average Bonchev–Trinajstić information content (AvgIpc) is 2.94. The lowest BCUT2D eigenvalue weighted by molar-refractivity contribution is -0.140. The van der Waals surface area contributed by atoms with Crippen LogP contribution in [0.4, 0.5) is 5.69 Å². The van der Waals surface area contributed by atoms with E-state index in [1.54, 1.807) is 30.3 Å². The highest BCUT2D eigenvalue weighted by molar-refractivity contribution is 9.10. The van der Waals surface area contributed by atoms with Crippen molar-refractivity contribution in [3.63, 3.8) is 0 Å². The van der Waals surface area contributed by atoms with Crippen LogP contribution in [0, 0.1) is 0 Å². The molecule has 2 amide bonds. The predicted octanol–water partition coefficient (Wildman–Crippen LogP) is 5.30. The zero-order valence-electron chi connectivity index (χ0n) is 22.7. The van der Waals surface area contributed by atoms with E-state index in [0.29, 0.717) is 12.1 Å². The summed E-state index contributed by atoms with van der Waals surface area (Å²) in [6.07, 6.45) is 6.52. The molecule has 1 fully saturated rings. The highest BCUT2D eigenvalue weighted by Crippen LogP contribution is 2.22. The van der Waals surface area contributed by atoms with Gasteiger partial charge < -0.3 is 10.2 Å². The van der Waals surface area contributed by atoms with Gasteiger partial charge in [0.05, 0.1) is 11.9 Å². The molecule has 0 saturated heterocycles. The van der Waals surface area contributed by atoms with Gasteiger partial charge in [-0.2, -0.15) is 0 Å². The van der Waals surface area contributed by atoms with Crippen molar-refractivity contribution in [3.05, 3.63) is 101 Å². The van der Waals surface area contributed by atoms with Crippen LogP contribution >= 0.6 is 15.9 Å². The van der Waals surface area contributed by atoms with Crippen LogP contribution in [-0.2, 0) is 32.6 Å². The molecular weight excluding hydrogens is 590 g/mol. The fourth-order valence-corrected chi connectivity index (χ4v) is 6.43. The second kappa shape index (κ2) is 13.9. The summed E-state index contributed by atoms with van der Waals surface area (Å²) in [7, 11) is -3.78. The van der Waals surface area contributed by atoms with E-state index in [-0.39, 0.29) is 18.5 Å². The Balaban J connectivity index is 1.71. The number of nitrogens with zero attached hydrogens (tertiary/aromatic N) is 2. The molecule has 1 atom stereocenters. The van der Waals surface area contributed by atoms with Crippen LogP contribution in [0.15, 0.2) is 89.4 Å². The molecule has 0 spiro atoms. The number of para-hydroxylation sites is 1. The second-order valence-electron chi connectivity index (χ2n) is 10.3. The van der Waals surface area contributed by atoms with Gasteiger partial charge in [-0.1, -0.05) is 95.9 Å². The van der Waals surface area contributed by atoms with Gasteiger partial charge in [-0.3, -0.25) is 13.9 Å². The Labute approximate surface area is 245 Å². The van der Waals surface area contributed by atoms with E-state index >= 15 is 0 Å². The van der Waals surface area contributed by atoms with E-state index in [2.05, 4.69) is 21.2 Å². The van der Waals surface area contributed by atoms with Crippen LogP contribution in [-0.4, -0.2) is 50.0 Å². The minimum Gasteiger partial charge on any atom is -0.352 e. The summed E-state index contributed by atoms with van der Waals surface area (Å²) in [6.45, 7) is -0.265. The molecule has 40 heavy (non-hydrogen) atoms. The van der Waals surface area contributed by atoms with E-state index in [9.17, 15) is 18.0 Å². The van der Waals surface area contributed by atoms with Crippen LogP contribution in [0.2, 0.25) is 0 Å². The van der Waals surface area contributed by atoms with Crippen molar-refractivity contribution >= 4 is 43.5 Å². The lowest BCUT2D eigenvalue weighted by Gasteiger charge is -2.35. The first-order valence-corrected chi connectivity index (χ1v) is 16.3. The van der Waals surface area contributed by atoms with Crippen molar-refractivity contribution in [1.82, 2.24) is 10.2 Å². The van der Waals surface area contributed by atoms with Crippen molar-refractivity contribution in [2.45, 2.75) is 57.2 Å². The number of hydrogen-bond donors (Lipinski definition) is 1. The van der Waals surface area contributed by atoms with Crippen LogP contribution in [0.25, 0.3) is 0 Å². The Morgan fingerprint density at radius 1 is 0.900 bits per heavy atom. The van der Waals surface area contributed by atoms with Gasteiger partial charge in [0.15, 0.2) is 0 Å². The van der Waals surface area contributed by atoms with Gasteiger partial charge in [0.2, 0.25) is 21.8 Å². The number of nitrogens with one attached hydrogen (secondary N) is 1. The molecule has 212 valence electrons. The highest BCUT2D eigenvalue weighted by Gasteiger charge is 2.34. The lowest BCUT2D eigenvalue weighted by atomic mass is 9.94. The summed E-state index contributed by atoms with van der Waals surface area (Å²) < 4.78 is 27.6. The van der Waals surface area contributed by atoms with Crippen molar-refractivity contribution in [2.75, 3.05) is 17.1 Å². The first-order valence-electron chi connectivity index (χ1n) is 13.6. The minimum atomic E-state index is -3.78. The van der Waals surface area contributed by atoms with Gasteiger partial charge in [0, 0.05) is 23.5 Å². The average molecular weight is 627 g/mol. The van der Waals surface area contributed by atoms with Gasteiger partial charge in [-0.05, 0) is 48.2 Å². The summed E-state index contributed by atoms with van der Waals surface area (Å²) in [6, 6.07) is 25.0. The van der Waals surface area contributed by atoms with Crippen molar-refractivity contribution in [3.8, 4) is 0 Å². The second-order valence-corrected chi connectivity index (χ2v) is 13.1. The Bertz CT molecular complexity index is 1380. The molecule has 9 heteroatoms. The summed E-state index contributed by atoms with van der Waals surface area (Å²) >= 11 is 3.50. The minimum absolute atomic E-state index is 0.0687. The van der Waals surface area contributed by atoms with Gasteiger partial charge in [0.1, 0.15) is 12.6 Å². The normalized spacial score (nSPS) is 14.8. The van der Waals surface area contributed by atoms with E-state index in [1.807, 2.05) is 54.6 Å². The van der Waals surface area contributed by atoms with Crippen molar-refractivity contribution in [1.29, 1.82) is 0 Å². The third-order valence-electron chi connectivity index (χ3n) is 7.19. The summed E-state index contributed by atoms with van der Waals surface area (Å²) in [4.78, 5) is 29.6. The Morgan fingerprint density at radius 2 is 1.52 bits per heavy atom. The van der Waals surface area contributed by atoms with Crippen LogP contribution in [0.1, 0.15) is 43.2 Å². The number of benzene rings is 3. The van der Waals surface area contributed by atoms with Crippen LogP contribution in [0.3, 0.4) is 0 Å². The van der Waals surface area contributed by atoms with E-state index in [1.165, 1.54) is 4.90 Å². The SMILES string of the molecule is CS(=O)(=O)N(CC(=O)N(Cc1cccc(Br)c1)[C@@H](Cc1ccccc1)C(=O)NC1CCCCC1)c1ccccc1. The highest BCUT2D eigenvalue weighted by atomic mass is 79.9. The fourth-order valence-electron chi connectivity index (χ4n) is 5.14. The molecular formula is C31H36BrN3O4S. The van der Waals surface area contributed by atoms with Gasteiger partial charge in [-0.25, -0.2) is 8.42 Å². The molecule has 1 N–H and O–H groups in total. The zero-order chi connectivity index (χ0) is 28.5. The molecule has 0 bridgehead atoms. The van der Waals surface area contributed by atoms with Gasteiger partial charge >= 0.3 is 0 Å². The van der Waals surface area contributed by atoms with E-state index in [4.69, 9.17) is 0 Å². The first kappa shape index (κ1) is 29.8. The number of rotatable bonds is 11. The summed E-state index contributed by atoms with van der Waals surface area (Å²) in [5.74, 6) is -0.668. The molecule has 0 aromatic heterocycles. The van der Waals surface area contributed by atoms with Crippen molar-refractivity contribution < 1.29 is 18.0 Å². The molecule has 1 aliphatic carbocycles. The first-order chi connectivity index (χ1) is 19.2. The summed E-state index contributed by atoms with van der Waals surface area (Å²) in [5.41, 5.74) is 2.14. The maximum absolute atomic E-state index is 14.1. The molecule has 7 nitrogen and oxygen atoms in total. The monoisotopic (exact) mass is 625 g/mol. The number of anilines is 1. The number of carbonyl (C=O) groups excluding carboxylic acids is 2. The Morgan fingerprint density at radius 3 is 2.15 bits per heavy atom. The number of halogens is 1. The predicted molar refractivity (Wildman–Crippen MR) is 162 cm³/mol. The largest absolute Gasteiger partial charge is 0.352 e. The molecule has 1 saturated carbocycles. The third kappa shape index (κ3) is 8.41. The third-order valence-corrected chi connectivity index (χ3v) is 8.82. The Kier molecular flexibility index (Phi) is 10.4. The van der Waals surface area contributed by atoms with E-state index in [0.717, 1.165) is 58.3 Å². The molecule has 3 aromatic rings. The van der Waals surface area contributed by atoms with Crippen molar-refractivity contribution in [2.24, 2.45) is 0 Å². The maximum atomic E-state index is 14.1.